The zero-order valence-electron chi connectivity index (χ0n) is 15.5. The summed E-state index contributed by atoms with van der Waals surface area (Å²) in [5, 5.41) is 15.3. The predicted molar refractivity (Wildman–Crippen MR) is 119 cm³/mol. The number of hydrogen-bond donors (Lipinski definition) is 2. The number of rotatable bonds is 5. The molecule has 1 aromatic heterocycles. The Morgan fingerprint density at radius 2 is 1.50 bits per heavy atom. The summed E-state index contributed by atoms with van der Waals surface area (Å²) in [4.78, 5) is 25.0. The number of benzene rings is 3. The second-order valence-electron chi connectivity index (χ2n) is 6.27. The highest BCUT2D eigenvalue weighted by Gasteiger charge is 2.13. The van der Waals surface area contributed by atoms with E-state index in [-0.39, 0.29) is 11.8 Å². The lowest BCUT2D eigenvalue weighted by Gasteiger charge is -2.07. The monoisotopic (exact) mass is 434 g/mol. The van der Waals surface area contributed by atoms with Gasteiger partial charge in [-0.2, -0.15) is 0 Å². The normalized spacial score (nSPS) is 10.4. The van der Waals surface area contributed by atoms with Crippen LogP contribution in [-0.2, 0) is 0 Å². The van der Waals surface area contributed by atoms with Crippen molar-refractivity contribution in [1.82, 2.24) is 10.2 Å². The number of nitrogens with one attached hydrogen (secondary N) is 2. The van der Waals surface area contributed by atoms with E-state index in [0.717, 1.165) is 10.6 Å². The summed E-state index contributed by atoms with van der Waals surface area (Å²) in [6, 6.07) is 22.8. The van der Waals surface area contributed by atoms with E-state index in [1.165, 1.54) is 11.3 Å². The quantitative estimate of drug-likeness (QED) is 0.442. The van der Waals surface area contributed by atoms with Crippen LogP contribution in [0.2, 0.25) is 5.02 Å². The second-order valence-corrected chi connectivity index (χ2v) is 7.69. The molecule has 0 aliphatic heterocycles. The first kappa shape index (κ1) is 19.8. The topological polar surface area (TPSA) is 84.0 Å². The standard InChI is InChI=1S/C22H15ClN4O2S/c23-17-11-9-14(10-12-17)19(28)24-18-8-4-7-16(13-18)20(29)25-22-27-26-21(30-22)15-5-2-1-3-6-15/h1-13H,(H,24,28)(H,25,27,29). The molecule has 2 amide bonds. The van der Waals surface area contributed by atoms with Gasteiger partial charge in [-0.05, 0) is 42.5 Å². The first-order valence-corrected chi connectivity index (χ1v) is 10.2. The Morgan fingerprint density at radius 1 is 0.767 bits per heavy atom. The fraction of sp³-hybridized carbons (Fsp3) is 0. The number of carbonyl (C=O) groups is 2. The lowest BCUT2D eigenvalue weighted by Crippen LogP contribution is -2.14. The highest BCUT2D eigenvalue weighted by molar-refractivity contribution is 7.18. The average molecular weight is 435 g/mol. The summed E-state index contributed by atoms with van der Waals surface area (Å²) in [5.41, 5.74) is 2.30. The van der Waals surface area contributed by atoms with Crippen LogP contribution in [0.4, 0.5) is 10.8 Å². The number of carbonyl (C=O) groups excluding carboxylic acids is 2. The highest BCUT2D eigenvalue weighted by Crippen LogP contribution is 2.26. The second kappa shape index (κ2) is 8.86. The molecular weight excluding hydrogens is 420 g/mol. The maximum atomic E-state index is 12.6. The zero-order valence-corrected chi connectivity index (χ0v) is 17.1. The van der Waals surface area contributed by atoms with Crippen molar-refractivity contribution in [2.75, 3.05) is 10.6 Å². The van der Waals surface area contributed by atoms with E-state index < -0.39 is 0 Å². The first-order chi connectivity index (χ1) is 14.6. The van der Waals surface area contributed by atoms with E-state index in [1.807, 2.05) is 30.3 Å². The summed E-state index contributed by atoms with van der Waals surface area (Å²) in [7, 11) is 0. The minimum absolute atomic E-state index is 0.291. The SMILES string of the molecule is O=C(Nc1cccc(C(=O)Nc2nnc(-c3ccccc3)s2)c1)c1ccc(Cl)cc1. The van der Waals surface area contributed by atoms with Crippen molar-refractivity contribution in [3.05, 3.63) is 95.0 Å². The van der Waals surface area contributed by atoms with Gasteiger partial charge in [-0.25, -0.2) is 0 Å². The van der Waals surface area contributed by atoms with Gasteiger partial charge in [0.15, 0.2) is 0 Å². The Morgan fingerprint density at radius 3 is 2.27 bits per heavy atom. The summed E-state index contributed by atoms with van der Waals surface area (Å²) in [6.45, 7) is 0. The zero-order chi connectivity index (χ0) is 20.9. The van der Waals surface area contributed by atoms with Gasteiger partial charge in [-0.15, -0.1) is 10.2 Å². The maximum absolute atomic E-state index is 12.6. The van der Waals surface area contributed by atoms with Crippen molar-refractivity contribution in [2.45, 2.75) is 0 Å². The lowest BCUT2D eigenvalue weighted by molar-refractivity contribution is 0.101. The van der Waals surface area contributed by atoms with Gasteiger partial charge in [0, 0.05) is 27.4 Å². The van der Waals surface area contributed by atoms with Crippen molar-refractivity contribution in [3.63, 3.8) is 0 Å². The molecule has 2 N–H and O–H groups in total. The lowest BCUT2D eigenvalue weighted by atomic mass is 10.1. The van der Waals surface area contributed by atoms with Crippen LogP contribution in [0.25, 0.3) is 10.6 Å². The molecule has 0 aliphatic rings. The molecule has 0 bridgehead atoms. The van der Waals surface area contributed by atoms with Crippen molar-refractivity contribution in [2.24, 2.45) is 0 Å². The van der Waals surface area contributed by atoms with Crippen molar-refractivity contribution in [1.29, 1.82) is 0 Å². The van der Waals surface area contributed by atoms with Crippen LogP contribution in [-0.4, -0.2) is 22.0 Å². The van der Waals surface area contributed by atoms with Crippen molar-refractivity contribution < 1.29 is 9.59 Å². The van der Waals surface area contributed by atoms with Crippen LogP contribution in [0.1, 0.15) is 20.7 Å². The van der Waals surface area contributed by atoms with E-state index in [2.05, 4.69) is 20.8 Å². The fourth-order valence-corrected chi connectivity index (χ4v) is 3.55. The van der Waals surface area contributed by atoms with Gasteiger partial charge in [0.2, 0.25) is 5.13 Å². The van der Waals surface area contributed by atoms with Gasteiger partial charge >= 0.3 is 0 Å². The number of aromatic nitrogens is 2. The van der Waals surface area contributed by atoms with Crippen LogP contribution in [0, 0.1) is 0 Å². The minimum atomic E-state index is -0.339. The fourth-order valence-electron chi connectivity index (χ4n) is 2.68. The Labute approximate surface area is 181 Å². The molecule has 0 radical (unpaired) electrons. The maximum Gasteiger partial charge on any atom is 0.257 e. The van der Waals surface area contributed by atoms with E-state index >= 15 is 0 Å². The van der Waals surface area contributed by atoms with Gasteiger partial charge < -0.3 is 5.32 Å². The molecule has 0 aliphatic carbocycles. The molecule has 3 aromatic carbocycles. The Bertz CT molecular complexity index is 1190. The molecule has 0 atom stereocenters. The number of halogens is 1. The van der Waals surface area contributed by atoms with Crippen molar-refractivity contribution >= 4 is 45.6 Å². The molecule has 6 nitrogen and oxygen atoms in total. The van der Waals surface area contributed by atoms with E-state index in [0.29, 0.717) is 27.0 Å². The van der Waals surface area contributed by atoms with Crippen LogP contribution in [0.15, 0.2) is 78.9 Å². The Kier molecular flexibility index (Phi) is 5.83. The van der Waals surface area contributed by atoms with Crippen LogP contribution >= 0.6 is 22.9 Å². The first-order valence-electron chi connectivity index (χ1n) is 8.96. The van der Waals surface area contributed by atoms with E-state index in [9.17, 15) is 9.59 Å². The third-order valence-electron chi connectivity index (χ3n) is 4.16. The van der Waals surface area contributed by atoms with Gasteiger partial charge in [-0.3, -0.25) is 14.9 Å². The van der Waals surface area contributed by atoms with E-state index in [4.69, 9.17) is 11.6 Å². The summed E-state index contributed by atoms with van der Waals surface area (Å²) in [5.74, 6) is -0.630. The largest absolute Gasteiger partial charge is 0.322 e. The molecule has 30 heavy (non-hydrogen) atoms. The molecule has 148 valence electrons. The van der Waals surface area contributed by atoms with Gasteiger partial charge in [0.1, 0.15) is 5.01 Å². The van der Waals surface area contributed by atoms with Gasteiger partial charge in [-0.1, -0.05) is 59.3 Å². The highest BCUT2D eigenvalue weighted by atomic mass is 35.5. The van der Waals surface area contributed by atoms with Crippen LogP contribution in [0.3, 0.4) is 0 Å². The third kappa shape index (κ3) is 4.71. The summed E-state index contributed by atoms with van der Waals surface area (Å²) < 4.78 is 0. The van der Waals surface area contributed by atoms with E-state index in [1.54, 1.807) is 48.5 Å². The number of hydrogen-bond acceptors (Lipinski definition) is 5. The van der Waals surface area contributed by atoms with Gasteiger partial charge in [0.05, 0.1) is 0 Å². The molecule has 0 unspecified atom stereocenters. The number of nitrogens with zero attached hydrogens (tertiary/aromatic N) is 2. The predicted octanol–water partition coefficient (Wildman–Crippen LogP) is 5.36. The van der Waals surface area contributed by atoms with Gasteiger partial charge in [0.25, 0.3) is 11.8 Å². The average Bonchev–Trinajstić information content (AvgIpc) is 3.23. The molecule has 0 saturated heterocycles. The van der Waals surface area contributed by atoms with Crippen LogP contribution in [0.5, 0.6) is 0 Å². The Hall–Kier alpha value is -3.55. The van der Waals surface area contributed by atoms with Crippen LogP contribution < -0.4 is 10.6 Å². The van der Waals surface area contributed by atoms with Crippen molar-refractivity contribution in [3.8, 4) is 10.6 Å². The molecule has 0 fully saturated rings. The molecular formula is C22H15ClN4O2S. The molecule has 4 rings (SSSR count). The summed E-state index contributed by atoms with van der Waals surface area (Å²) >= 11 is 7.14. The summed E-state index contributed by atoms with van der Waals surface area (Å²) in [6.07, 6.45) is 0. The Balaban J connectivity index is 1.44. The molecule has 4 aromatic rings. The number of anilines is 2. The number of amides is 2. The smallest absolute Gasteiger partial charge is 0.257 e. The third-order valence-corrected chi connectivity index (χ3v) is 5.29. The molecule has 0 spiro atoms. The molecule has 8 heteroatoms. The minimum Gasteiger partial charge on any atom is -0.322 e. The molecule has 1 heterocycles. The molecule has 0 saturated carbocycles.